The van der Waals surface area contributed by atoms with E-state index in [1.165, 1.54) is 14.0 Å². The number of carboxylic acid groups (broad SMARTS) is 1. The minimum absolute atomic E-state index is 0.0150. The Bertz CT molecular complexity index is 451. The fourth-order valence-electron chi connectivity index (χ4n) is 1.67. The van der Waals surface area contributed by atoms with Gasteiger partial charge in [-0.25, -0.2) is 0 Å². The molecule has 0 bridgehead atoms. The average Bonchev–Trinajstić information content (AvgIpc) is 2.37. The van der Waals surface area contributed by atoms with Gasteiger partial charge >= 0.3 is 5.97 Å². The van der Waals surface area contributed by atoms with Crippen molar-refractivity contribution in [3.63, 3.8) is 0 Å². The van der Waals surface area contributed by atoms with Crippen LogP contribution in [0.5, 0.6) is 5.75 Å². The highest BCUT2D eigenvalue weighted by atomic mass is 16.5. The number of hydrogen-bond donors (Lipinski definition) is 1. The molecule has 1 unspecified atom stereocenters. The van der Waals surface area contributed by atoms with E-state index in [9.17, 15) is 9.59 Å². The number of aryl methyl sites for hydroxylation is 1. The molecule has 4 nitrogen and oxygen atoms in total. The predicted molar refractivity (Wildman–Crippen MR) is 68.1 cm³/mol. The van der Waals surface area contributed by atoms with Crippen LogP contribution in [-0.4, -0.2) is 24.0 Å². The molecule has 0 radical (unpaired) electrons. The van der Waals surface area contributed by atoms with Gasteiger partial charge in [-0.15, -0.1) is 0 Å². The van der Waals surface area contributed by atoms with Crippen molar-refractivity contribution in [2.24, 2.45) is 5.92 Å². The lowest BCUT2D eigenvalue weighted by atomic mass is 9.97. The third kappa shape index (κ3) is 3.32. The number of aliphatic carboxylic acids is 1. The van der Waals surface area contributed by atoms with Gasteiger partial charge in [-0.1, -0.05) is 19.9 Å². The van der Waals surface area contributed by atoms with E-state index in [1.807, 2.05) is 13.0 Å². The summed E-state index contributed by atoms with van der Waals surface area (Å²) in [7, 11) is 1.50. The summed E-state index contributed by atoms with van der Waals surface area (Å²) in [5.74, 6) is -1.35. The summed E-state index contributed by atoms with van der Waals surface area (Å²) < 4.78 is 5.14. The zero-order chi connectivity index (χ0) is 13.7. The molecule has 18 heavy (non-hydrogen) atoms. The van der Waals surface area contributed by atoms with Crippen LogP contribution in [0.15, 0.2) is 18.2 Å². The highest BCUT2D eigenvalue weighted by molar-refractivity contribution is 6.00. The molecule has 98 valence electrons. The number of rotatable bonds is 6. The molecule has 4 heteroatoms. The molecule has 0 saturated carbocycles. The molecular weight excluding hydrogens is 232 g/mol. The molecule has 1 atom stereocenters. The van der Waals surface area contributed by atoms with Crippen LogP contribution in [0, 0.1) is 5.92 Å². The second-order valence-electron chi connectivity index (χ2n) is 4.25. The monoisotopic (exact) mass is 250 g/mol. The quantitative estimate of drug-likeness (QED) is 0.788. The van der Waals surface area contributed by atoms with E-state index < -0.39 is 11.9 Å². The largest absolute Gasteiger partial charge is 0.496 e. The summed E-state index contributed by atoms with van der Waals surface area (Å²) in [4.78, 5) is 22.8. The summed E-state index contributed by atoms with van der Waals surface area (Å²) in [6.07, 6.45) is 0.803. The summed E-state index contributed by atoms with van der Waals surface area (Å²) in [5.41, 5.74) is 1.49. The first-order valence-corrected chi connectivity index (χ1v) is 5.92. The highest BCUT2D eigenvalue weighted by Crippen LogP contribution is 2.23. The van der Waals surface area contributed by atoms with Crippen molar-refractivity contribution in [2.45, 2.75) is 26.7 Å². The number of ether oxygens (including phenoxy) is 1. The molecule has 0 aliphatic heterocycles. The lowest BCUT2D eigenvalue weighted by molar-refractivity contribution is -0.141. The molecular formula is C14H18O4. The van der Waals surface area contributed by atoms with Crippen LogP contribution in [0.2, 0.25) is 0 Å². The second-order valence-corrected chi connectivity index (χ2v) is 4.25. The molecule has 0 heterocycles. The fraction of sp³-hybridized carbons (Fsp3) is 0.429. The Morgan fingerprint density at radius 1 is 1.39 bits per heavy atom. The van der Waals surface area contributed by atoms with Gasteiger partial charge in [-0.2, -0.15) is 0 Å². The Morgan fingerprint density at radius 3 is 2.56 bits per heavy atom. The van der Waals surface area contributed by atoms with Gasteiger partial charge in [0.25, 0.3) is 0 Å². The molecule has 0 fully saturated rings. The molecule has 1 N–H and O–H groups in total. The number of Topliss-reactive ketones (excluding diaryl/α,β-unsaturated/α-hetero) is 1. The van der Waals surface area contributed by atoms with E-state index in [0.29, 0.717) is 11.3 Å². The maximum Gasteiger partial charge on any atom is 0.306 e. The smallest absolute Gasteiger partial charge is 0.306 e. The van der Waals surface area contributed by atoms with E-state index in [2.05, 4.69) is 0 Å². The normalized spacial score (nSPS) is 11.9. The van der Waals surface area contributed by atoms with Crippen molar-refractivity contribution < 1.29 is 19.4 Å². The minimum Gasteiger partial charge on any atom is -0.496 e. The first-order valence-electron chi connectivity index (χ1n) is 5.92. The van der Waals surface area contributed by atoms with Gasteiger partial charge in [0.05, 0.1) is 18.6 Å². The van der Waals surface area contributed by atoms with Crippen molar-refractivity contribution in [1.82, 2.24) is 0 Å². The first-order chi connectivity index (χ1) is 8.49. The minimum atomic E-state index is -0.964. The van der Waals surface area contributed by atoms with Gasteiger partial charge in [0.1, 0.15) is 5.75 Å². The molecule has 1 rings (SSSR count). The van der Waals surface area contributed by atoms with Crippen LogP contribution in [-0.2, 0) is 11.2 Å². The van der Waals surface area contributed by atoms with E-state index in [-0.39, 0.29) is 12.2 Å². The molecule has 1 aromatic carbocycles. The number of methoxy groups -OCH3 is 1. The molecule has 0 aromatic heterocycles. The van der Waals surface area contributed by atoms with Gasteiger partial charge in [0.2, 0.25) is 0 Å². The summed E-state index contributed by atoms with van der Waals surface area (Å²) in [5, 5.41) is 8.82. The molecule has 0 spiro atoms. The van der Waals surface area contributed by atoms with E-state index >= 15 is 0 Å². The fourth-order valence-corrected chi connectivity index (χ4v) is 1.67. The standard InChI is InChI=1S/C14H18O4/c1-4-10-5-6-13(18-3)11(8-10)12(15)7-9(2)14(16)17/h5-6,8-9H,4,7H2,1-3H3,(H,16,17). The van der Waals surface area contributed by atoms with Crippen molar-refractivity contribution in [1.29, 1.82) is 0 Å². The number of ketones is 1. The topological polar surface area (TPSA) is 63.6 Å². The number of carbonyl (C=O) groups is 2. The van der Waals surface area contributed by atoms with E-state index in [4.69, 9.17) is 9.84 Å². The van der Waals surface area contributed by atoms with Crippen LogP contribution in [0.4, 0.5) is 0 Å². The summed E-state index contributed by atoms with van der Waals surface area (Å²) in [6.45, 7) is 3.52. The van der Waals surface area contributed by atoms with E-state index in [1.54, 1.807) is 12.1 Å². The van der Waals surface area contributed by atoms with Crippen molar-refractivity contribution in [2.75, 3.05) is 7.11 Å². The van der Waals surface area contributed by atoms with Gasteiger partial charge in [-0.3, -0.25) is 9.59 Å². The molecule has 0 aliphatic rings. The number of carboxylic acids is 1. The van der Waals surface area contributed by atoms with Crippen molar-refractivity contribution >= 4 is 11.8 Å². The lowest BCUT2D eigenvalue weighted by Gasteiger charge is -2.11. The maximum absolute atomic E-state index is 12.1. The Hall–Kier alpha value is -1.84. The van der Waals surface area contributed by atoms with Gasteiger partial charge in [0.15, 0.2) is 5.78 Å². The first kappa shape index (κ1) is 14.2. The molecule has 0 amide bonds. The Morgan fingerprint density at radius 2 is 2.06 bits per heavy atom. The van der Waals surface area contributed by atoms with Crippen LogP contribution >= 0.6 is 0 Å². The average molecular weight is 250 g/mol. The molecule has 0 saturated heterocycles. The Labute approximate surface area is 107 Å². The summed E-state index contributed by atoms with van der Waals surface area (Å²) in [6, 6.07) is 5.42. The SMILES string of the molecule is CCc1ccc(OC)c(C(=O)CC(C)C(=O)O)c1. The number of carbonyl (C=O) groups excluding carboxylic acids is 1. The third-order valence-electron chi connectivity index (χ3n) is 2.89. The molecule has 1 aromatic rings. The van der Waals surface area contributed by atoms with Crippen molar-refractivity contribution in [3.05, 3.63) is 29.3 Å². The highest BCUT2D eigenvalue weighted by Gasteiger charge is 2.19. The van der Waals surface area contributed by atoms with E-state index in [0.717, 1.165) is 12.0 Å². The van der Waals surface area contributed by atoms with Crippen LogP contribution in [0.3, 0.4) is 0 Å². The Balaban J connectivity index is 2.99. The number of hydrogen-bond acceptors (Lipinski definition) is 3. The Kier molecular flexibility index (Phi) is 4.89. The van der Waals surface area contributed by atoms with Crippen LogP contribution in [0.25, 0.3) is 0 Å². The van der Waals surface area contributed by atoms with Gasteiger partial charge in [-0.05, 0) is 24.1 Å². The van der Waals surface area contributed by atoms with Crippen molar-refractivity contribution in [3.8, 4) is 5.75 Å². The zero-order valence-electron chi connectivity index (χ0n) is 10.9. The predicted octanol–water partition coefficient (Wildman–Crippen LogP) is 2.55. The maximum atomic E-state index is 12.1. The lowest BCUT2D eigenvalue weighted by Crippen LogP contribution is -2.15. The zero-order valence-corrected chi connectivity index (χ0v) is 10.9. The van der Waals surface area contributed by atoms with Gasteiger partial charge < -0.3 is 9.84 Å². The van der Waals surface area contributed by atoms with Crippen LogP contribution in [0.1, 0.15) is 36.2 Å². The third-order valence-corrected chi connectivity index (χ3v) is 2.89. The summed E-state index contributed by atoms with van der Waals surface area (Å²) >= 11 is 0. The van der Waals surface area contributed by atoms with Crippen LogP contribution < -0.4 is 4.74 Å². The van der Waals surface area contributed by atoms with Gasteiger partial charge in [0, 0.05) is 6.42 Å². The molecule has 0 aliphatic carbocycles. The number of benzene rings is 1. The second kappa shape index (κ2) is 6.19.